The van der Waals surface area contributed by atoms with E-state index in [-0.39, 0.29) is 5.91 Å². The Morgan fingerprint density at radius 3 is 2.39 bits per heavy atom. The number of benzene rings is 1. The monoisotopic (exact) mass is 348 g/mol. The van der Waals surface area contributed by atoms with Gasteiger partial charge in [-0.25, -0.2) is 9.97 Å². The molecule has 0 radical (unpaired) electrons. The second-order valence-corrected chi connectivity index (χ2v) is 6.54. The van der Waals surface area contributed by atoms with Crippen molar-refractivity contribution in [3.63, 3.8) is 0 Å². The third-order valence-electron chi connectivity index (χ3n) is 3.69. The van der Waals surface area contributed by atoms with Crippen LogP contribution < -0.4 is 4.90 Å². The van der Waals surface area contributed by atoms with Crippen molar-refractivity contribution in [2.75, 3.05) is 36.8 Å². The Morgan fingerprint density at radius 1 is 1.09 bits per heavy atom. The van der Waals surface area contributed by atoms with Gasteiger partial charge in [-0.1, -0.05) is 23.4 Å². The lowest BCUT2D eigenvalue weighted by Gasteiger charge is -2.36. The van der Waals surface area contributed by atoms with Gasteiger partial charge in [-0.15, -0.1) is 0 Å². The van der Waals surface area contributed by atoms with E-state index in [9.17, 15) is 4.79 Å². The van der Waals surface area contributed by atoms with Crippen LogP contribution in [0.5, 0.6) is 0 Å². The summed E-state index contributed by atoms with van der Waals surface area (Å²) < 4.78 is 0. The molecule has 3 rings (SSSR count). The first-order chi connectivity index (χ1) is 11.2. The minimum Gasteiger partial charge on any atom is -0.368 e. The number of hydrogen-bond donors (Lipinski definition) is 0. The highest BCUT2D eigenvalue weighted by Crippen LogP contribution is 2.20. The highest BCUT2D eigenvalue weighted by atomic mass is 35.5. The smallest absolute Gasteiger partial charge is 0.233 e. The first kappa shape index (κ1) is 16.1. The molecule has 0 saturated carbocycles. The number of carbonyl (C=O) groups excluding carboxylic acids is 1. The standard InChI is InChI=1S/C16H17ClN4OS/c17-13-2-4-14(5-3-13)20-8-10-21(11-9-20)15(22)12-23-16-18-6-1-7-19-16/h1-7H,8-12H2. The van der Waals surface area contributed by atoms with Crippen molar-refractivity contribution in [2.45, 2.75) is 5.16 Å². The number of thioether (sulfide) groups is 1. The maximum Gasteiger partial charge on any atom is 0.233 e. The fraction of sp³-hybridized carbons (Fsp3) is 0.312. The summed E-state index contributed by atoms with van der Waals surface area (Å²) in [6.45, 7) is 3.13. The molecule has 0 N–H and O–H groups in total. The lowest BCUT2D eigenvalue weighted by molar-refractivity contribution is -0.128. The lowest BCUT2D eigenvalue weighted by Crippen LogP contribution is -2.49. The second kappa shape index (κ2) is 7.66. The number of piperazine rings is 1. The summed E-state index contributed by atoms with van der Waals surface area (Å²) in [4.78, 5) is 24.7. The summed E-state index contributed by atoms with van der Waals surface area (Å²) in [7, 11) is 0. The molecule has 1 fully saturated rings. The van der Waals surface area contributed by atoms with Gasteiger partial charge in [0.25, 0.3) is 0 Å². The van der Waals surface area contributed by atoms with Crippen LogP contribution in [0.15, 0.2) is 47.9 Å². The highest BCUT2D eigenvalue weighted by Gasteiger charge is 2.21. The number of rotatable bonds is 4. The molecule has 5 nitrogen and oxygen atoms in total. The van der Waals surface area contributed by atoms with Gasteiger partial charge in [-0.05, 0) is 30.3 Å². The molecule has 0 bridgehead atoms. The Morgan fingerprint density at radius 2 is 1.74 bits per heavy atom. The summed E-state index contributed by atoms with van der Waals surface area (Å²) in [6.07, 6.45) is 3.37. The van der Waals surface area contributed by atoms with Gasteiger partial charge in [0.05, 0.1) is 5.75 Å². The van der Waals surface area contributed by atoms with E-state index in [0.29, 0.717) is 10.9 Å². The molecule has 1 aliphatic rings. The van der Waals surface area contributed by atoms with Gasteiger partial charge in [0.1, 0.15) is 0 Å². The molecule has 120 valence electrons. The van der Waals surface area contributed by atoms with Crippen LogP contribution in [0.2, 0.25) is 5.02 Å². The van der Waals surface area contributed by atoms with E-state index in [4.69, 9.17) is 11.6 Å². The quantitative estimate of drug-likeness (QED) is 0.628. The molecule has 2 aromatic rings. The summed E-state index contributed by atoms with van der Waals surface area (Å²) in [5, 5.41) is 1.38. The van der Waals surface area contributed by atoms with E-state index in [2.05, 4.69) is 14.9 Å². The van der Waals surface area contributed by atoms with Crippen molar-refractivity contribution in [1.82, 2.24) is 14.9 Å². The van der Waals surface area contributed by atoms with Crippen molar-refractivity contribution in [2.24, 2.45) is 0 Å². The molecule has 1 amide bonds. The van der Waals surface area contributed by atoms with E-state index in [1.54, 1.807) is 18.5 Å². The van der Waals surface area contributed by atoms with Crippen LogP contribution >= 0.6 is 23.4 Å². The zero-order chi connectivity index (χ0) is 16.1. The molecule has 2 heterocycles. The van der Waals surface area contributed by atoms with Crippen molar-refractivity contribution in [3.8, 4) is 0 Å². The zero-order valence-electron chi connectivity index (χ0n) is 12.6. The minimum atomic E-state index is 0.137. The minimum absolute atomic E-state index is 0.137. The van der Waals surface area contributed by atoms with Crippen LogP contribution in [0, 0.1) is 0 Å². The van der Waals surface area contributed by atoms with E-state index in [1.807, 2.05) is 29.2 Å². The van der Waals surface area contributed by atoms with Crippen LogP contribution in [0.1, 0.15) is 0 Å². The normalized spacial score (nSPS) is 14.8. The Kier molecular flexibility index (Phi) is 5.35. The maximum atomic E-state index is 12.3. The number of carbonyl (C=O) groups is 1. The lowest BCUT2D eigenvalue weighted by atomic mass is 10.2. The number of amides is 1. The second-order valence-electron chi connectivity index (χ2n) is 5.16. The Balaban J connectivity index is 1.48. The fourth-order valence-corrected chi connectivity index (χ4v) is 3.28. The molecule has 23 heavy (non-hydrogen) atoms. The average molecular weight is 349 g/mol. The largest absolute Gasteiger partial charge is 0.368 e. The zero-order valence-corrected chi connectivity index (χ0v) is 14.1. The van der Waals surface area contributed by atoms with Gasteiger partial charge in [-0.3, -0.25) is 4.79 Å². The van der Waals surface area contributed by atoms with Gasteiger partial charge < -0.3 is 9.80 Å². The Bertz CT molecular complexity index is 645. The van der Waals surface area contributed by atoms with E-state index in [1.165, 1.54) is 11.8 Å². The van der Waals surface area contributed by atoms with Crippen LogP contribution in [0.3, 0.4) is 0 Å². The predicted molar refractivity (Wildman–Crippen MR) is 93.0 cm³/mol. The molecule has 0 aliphatic carbocycles. The van der Waals surface area contributed by atoms with Crippen LogP contribution in [-0.4, -0.2) is 52.7 Å². The third-order valence-corrected chi connectivity index (χ3v) is 4.80. The van der Waals surface area contributed by atoms with Crippen LogP contribution in [0.25, 0.3) is 0 Å². The maximum absolute atomic E-state index is 12.3. The summed E-state index contributed by atoms with van der Waals surface area (Å²) in [6, 6.07) is 9.59. The van der Waals surface area contributed by atoms with Gasteiger partial charge in [0, 0.05) is 49.3 Å². The first-order valence-corrected chi connectivity index (χ1v) is 8.77. The summed E-state index contributed by atoms with van der Waals surface area (Å²) in [5.41, 5.74) is 1.15. The number of anilines is 1. The van der Waals surface area contributed by atoms with Gasteiger partial charge in [0.15, 0.2) is 5.16 Å². The van der Waals surface area contributed by atoms with Crippen molar-refractivity contribution in [3.05, 3.63) is 47.7 Å². The molecule has 1 aromatic heterocycles. The van der Waals surface area contributed by atoms with E-state index < -0.39 is 0 Å². The molecule has 1 saturated heterocycles. The van der Waals surface area contributed by atoms with Crippen LogP contribution in [0.4, 0.5) is 5.69 Å². The summed E-state index contributed by atoms with van der Waals surface area (Å²) in [5.74, 6) is 0.517. The van der Waals surface area contributed by atoms with Gasteiger partial charge in [-0.2, -0.15) is 0 Å². The fourth-order valence-electron chi connectivity index (χ4n) is 2.44. The number of nitrogens with zero attached hydrogens (tertiary/aromatic N) is 4. The number of halogens is 1. The van der Waals surface area contributed by atoms with Gasteiger partial charge in [0.2, 0.25) is 5.91 Å². The number of aromatic nitrogens is 2. The summed E-state index contributed by atoms with van der Waals surface area (Å²) >= 11 is 7.30. The number of hydrogen-bond acceptors (Lipinski definition) is 5. The molecular weight excluding hydrogens is 332 g/mol. The molecular formula is C16H17ClN4OS. The molecule has 0 spiro atoms. The Labute approximate surface area is 144 Å². The third kappa shape index (κ3) is 4.36. The topological polar surface area (TPSA) is 49.3 Å². The SMILES string of the molecule is O=C(CSc1ncccn1)N1CCN(c2ccc(Cl)cc2)CC1. The highest BCUT2D eigenvalue weighted by molar-refractivity contribution is 7.99. The molecule has 1 aromatic carbocycles. The van der Waals surface area contributed by atoms with E-state index >= 15 is 0 Å². The van der Waals surface area contributed by atoms with Crippen molar-refractivity contribution in [1.29, 1.82) is 0 Å². The molecule has 7 heteroatoms. The van der Waals surface area contributed by atoms with Crippen molar-refractivity contribution >= 4 is 35.0 Å². The van der Waals surface area contributed by atoms with E-state index in [0.717, 1.165) is 36.9 Å². The molecule has 1 aliphatic heterocycles. The Hall–Kier alpha value is -1.79. The average Bonchev–Trinajstić information content (AvgIpc) is 2.61. The van der Waals surface area contributed by atoms with Crippen molar-refractivity contribution < 1.29 is 4.79 Å². The first-order valence-electron chi connectivity index (χ1n) is 7.40. The molecule has 0 atom stereocenters. The van der Waals surface area contributed by atoms with Gasteiger partial charge >= 0.3 is 0 Å². The molecule has 0 unspecified atom stereocenters. The van der Waals surface area contributed by atoms with Crippen LogP contribution in [-0.2, 0) is 4.79 Å². The predicted octanol–water partition coefficient (Wildman–Crippen LogP) is 2.57.